The number of fused-ring (bicyclic) bond motifs is 2. The fourth-order valence-electron chi connectivity index (χ4n) is 5.51. The smallest absolute Gasteiger partial charge is 0.290 e. The van der Waals surface area contributed by atoms with Gasteiger partial charge < -0.3 is 20.0 Å². The maximum absolute atomic E-state index is 13.2. The van der Waals surface area contributed by atoms with Crippen molar-refractivity contribution in [3.8, 4) is 0 Å². The van der Waals surface area contributed by atoms with Crippen molar-refractivity contribution in [2.45, 2.75) is 25.0 Å². The summed E-state index contributed by atoms with van der Waals surface area (Å²) in [4.78, 5) is 32.7. The van der Waals surface area contributed by atoms with Crippen molar-refractivity contribution in [1.29, 1.82) is 0 Å². The molecule has 1 amide bonds. The summed E-state index contributed by atoms with van der Waals surface area (Å²) in [5.74, 6) is 1.02. The van der Waals surface area contributed by atoms with E-state index in [2.05, 4.69) is 21.8 Å². The normalized spacial score (nSPS) is 28.6. The third-order valence-corrected chi connectivity index (χ3v) is 7.25. The van der Waals surface area contributed by atoms with Gasteiger partial charge in [-0.05, 0) is 56.0 Å². The molecule has 3 aliphatic rings. The highest BCUT2D eigenvalue weighted by atomic mass is 16.3. The Labute approximate surface area is 188 Å². The van der Waals surface area contributed by atoms with Crippen LogP contribution in [-0.4, -0.2) is 101 Å². The van der Waals surface area contributed by atoms with Crippen LogP contribution in [0.2, 0.25) is 0 Å². The number of piperazine rings is 1. The van der Waals surface area contributed by atoms with Crippen LogP contribution in [-0.2, 0) is 4.79 Å². The van der Waals surface area contributed by atoms with Crippen molar-refractivity contribution >= 4 is 23.3 Å². The van der Waals surface area contributed by atoms with Crippen LogP contribution in [0.3, 0.4) is 0 Å². The molecule has 0 spiro atoms. The SMILES string of the molecule is CN1CCN([C@@H]2C[C@@H]3CN(C(=O)c4ccc5ncccc5c4)C[C@@H]3C[C@H]2O)CC1.O=CO. The largest absolute Gasteiger partial charge is 0.483 e. The number of aliphatic hydroxyl groups is 1. The van der Waals surface area contributed by atoms with Crippen LogP contribution in [0.5, 0.6) is 0 Å². The Morgan fingerprint density at radius 1 is 1.09 bits per heavy atom. The zero-order valence-electron chi connectivity index (χ0n) is 18.5. The molecule has 1 aromatic carbocycles. The van der Waals surface area contributed by atoms with Gasteiger partial charge in [0, 0.05) is 62.5 Å². The summed E-state index contributed by atoms with van der Waals surface area (Å²) < 4.78 is 0. The number of hydrogen-bond donors (Lipinski definition) is 2. The lowest BCUT2D eigenvalue weighted by Gasteiger charge is -2.44. The van der Waals surface area contributed by atoms with Crippen LogP contribution in [0.15, 0.2) is 36.5 Å². The minimum absolute atomic E-state index is 0.107. The predicted molar refractivity (Wildman–Crippen MR) is 121 cm³/mol. The molecule has 0 unspecified atom stereocenters. The number of rotatable bonds is 2. The van der Waals surface area contributed by atoms with E-state index in [0.717, 1.165) is 68.6 Å². The molecule has 3 fully saturated rings. The molecule has 0 radical (unpaired) electrons. The minimum atomic E-state index is -0.276. The summed E-state index contributed by atoms with van der Waals surface area (Å²) in [6, 6.07) is 9.92. The summed E-state index contributed by atoms with van der Waals surface area (Å²) in [6.45, 7) is 5.52. The minimum Gasteiger partial charge on any atom is -0.483 e. The van der Waals surface area contributed by atoms with Crippen molar-refractivity contribution in [3.05, 3.63) is 42.1 Å². The highest BCUT2D eigenvalue weighted by Crippen LogP contribution is 2.39. The van der Waals surface area contributed by atoms with Crippen LogP contribution in [0.25, 0.3) is 10.9 Å². The number of nitrogens with zero attached hydrogens (tertiary/aromatic N) is 4. The molecular formula is C24H32N4O4. The third kappa shape index (κ3) is 4.77. The molecule has 1 saturated carbocycles. The highest BCUT2D eigenvalue weighted by Gasteiger charge is 2.44. The number of carbonyl (C=O) groups is 2. The lowest BCUT2D eigenvalue weighted by Crippen LogP contribution is -2.55. The van der Waals surface area contributed by atoms with Crippen LogP contribution in [0.1, 0.15) is 23.2 Å². The first kappa shape index (κ1) is 22.6. The number of likely N-dealkylation sites (N-methyl/N-ethyl adjacent to an activating group) is 1. The third-order valence-electron chi connectivity index (χ3n) is 7.25. The molecule has 1 aromatic heterocycles. The summed E-state index contributed by atoms with van der Waals surface area (Å²) in [5, 5.41) is 18.7. The quantitative estimate of drug-likeness (QED) is 0.681. The van der Waals surface area contributed by atoms with E-state index in [1.54, 1.807) is 6.20 Å². The topological polar surface area (TPSA) is 97.2 Å². The molecule has 2 saturated heterocycles. The average Bonchev–Trinajstić information content (AvgIpc) is 3.21. The van der Waals surface area contributed by atoms with E-state index < -0.39 is 0 Å². The molecule has 32 heavy (non-hydrogen) atoms. The molecule has 0 bridgehead atoms. The maximum Gasteiger partial charge on any atom is 0.290 e. The molecule has 8 heteroatoms. The van der Waals surface area contributed by atoms with Gasteiger partial charge in [0.1, 0.15) is 0 Å². The van der Waals surface area contributed by atoms with Crippen LogP contribution in [0.4, 0.5) is 0 Å². The first-order chi connectivity index (χ1) is 15.5. The number of carboxylic acid groups (broad SMARTS) is 1. The van der Waals surface area contributed by atoms with Crippen molar-refractivity contribution < 1.29 is 19.8 Å². The second kappa shape index (κ2) is 9.94. The van der Waals surface area contributed by atoms with Gasteiger partial charge in [-0.1, -0.05) is 6.07 Å². The fraction of sp³-hybridized carbons (Fsp3) is 0.542. The molecule has 4 atom stereocenters. The molecule has 2 N–H and O–H groups in total. The lowest BCUT2D eigenvalue weighted by molar-refractivity contribution is -0.122. The van der Waals surface area contributed by atoms with E-state index in [0.29, 0.717) is 11.8 Å². The number of aliphatic hydroxyl groups excluding tert-OH is 1. The monoisotopic (exact) mass is 440 g/mol. The lowest BCUT2D eigenvalue weighted by atomic mass is 9.77. The number of pyridine rings is 1. The van der Waals surface area contributed by atoms with Gasteiger partial charge in [0.25, 0.3) is 12.4 Å². The van der Waals surface area contributed by atoms with E-state index in [1.165, 1.54) is 0 Å². The van der Waals surface area contributed by atoms with Gasteiger partial charge in [0.05, 0.1) is 11.6 Å². The van der Waals surface area contributed by atoms with E-state index >= 15 is 0 Å². The van der Waals surface area contributed by atoms with E-state index in [9.17, 15) is 9.90 Å². The van der Waals surface area contributed by atoms with Crippen molar-refractivity contribution in [1.82, 2.24) is 19.7 Å². The Hall–Kier alpha value is -2.55. The number of amides is 1. The Bertz CT molecular complexity index is 946. The first-order valence-electron chi connectivity index (χ1n) is 11.3. The average molecular weight is 441 g/mol. The van der Waals surface area contributed by atoms with Crippen LogP contribution in [0, 0.1) is 11.8 Å². The van der Waals surface area contributed by atoms with Crippen molar-refractivity contribution in [2.75, 3.05) is 46.3 Å². The Morgan fingerprint density at radius 2 is 1.78 bits per heavy atom. The molecule has 5 rings (SSSR count). The van der Waals surface area contributed by atoms with Crippen molar-refractivity contribution in [3.63, 3.8) is 0 Å². The molecule has 3 heterocycles. The number of carbonyl (C=O) groups excluding carboxylic acids is 1. The molecule has 2 aromatic rings. The van der Waals surface area contributed by atoms with Crippen LogP contribution < -0.4 is 0 Å². The number of benzene rings is 1. The van der Waals surface area contributed by atoms with Gasteiger partial charge in [-0.3, -0.25) is 19.5 Å². The van der Waals surface area contributed by atoms with Gasteiger partial charge in [-0.15, -0.1) is 0 Å². The van der Waals surface area contributed by atoms with Crippen molar-refractivity contribution in [2.24, 2.45) is 11.8 Å². The first-order valence-corrected chi connectivity index (χ1v) is 11.3. The second-order valence-corrected chi connectivity index (χ2v) is 9.19. The van der Waals surface area contributed by atoms with Gasteiger partial charge in [-0.2, -0.15) is 0 Å². The van der Waals surface area contributed by atoms with Gasteiger partial charge in [0.15, 0.2) is 0 Å². The Balaban J connectivity index is 0.000000775. The fourth-order valence-corrected chi connectivity index (χ4v) is 5.51. The Morgan fingerprint density at radius 3 is 2.50 bits per heavy atom. The van der Waals surface area contributed by atoms with Gasteiger partial charge in [-0.25, -0.2) is 0 Å². The predicted octanol–water partition coefficient (Wildman–Crippen LogP) is 1.39. The zero-order valence-corrected chi connectivity index (χ0v) is 18.5. The molecule has 172 valence electrons. The summed E-state index contributed by atoms with van der Waals surface area (Å²) >= 11 is 0. The molecule has 2 aliphatic heterocycles. The van der Waals surface area contributed by atoms with E-state index in [1.807, 2.05) is 35.2 Å². The number of hydrogen-bond acceptors (Lipinski definition) is 6. The number of likely N-dealkylation sites (tertiary alicyclic amines) is 1. The second-order valence-electron chi connectivity index (χ2n) is 9.19. The molecule has 8 nitrogen and oxygen atoms in total. The molecule has 1 aliphatic carbocycles. The summed E-state index contributed by atoms with van der Waals surface area (Å²) in [7, 11) is 2.16. The molecular weight excluding hydrogens is 408 g/mol. The standard InChI is InChI=1S/C23H30N4O2.CH2O2/c1-25-7-9-26(10-8-25)21-12-18-14-27(15-19(18)13-22(21)28)23(29)17-4-5-20-16(11-17)3-2-6-24-20;2-1-3/h2-6,11,18-19,21-22,28H,7-10,12-15H2,1H3;1H,(H,2,3)/t18-,19+,21-,22-;/m1./s1. The number of aromatic nitrogens is 1. The van der Waals surface area contributed by atoms with Gasteiger partial charge >= 0.3 is 0 Å². The summed E-state index contributed by atoms with van der Waals surface area (Å²) in [5.41, 5.74) is 1.65. The van der Waals surface area contributed by atoms with E-state index in [-0.39, 0.29) is 24.5 Å². The van der Waals surface area contributed by atoms with Crippen LogP contribution >= 0.6 is 0 Å². The van der Waals surface area contributed by atoms with E-state index in [4.69, 9.17) is 9.90 Å². The summed E-state index contributed by atoms with van der Waals surface area (Å²) in [6.07, 6.45) is 3.31. The zero-order chi connectivity index (χ0) is 22.7. The highest BCUT2D eigenvalue weighted by molar-refractivity contribution is 5.98. The Kier molecular flexibility index (Phi) is 7.03. The van der Waals surface area contributed by atoms with Gasteiger partial charge in [0.2, 0.25) is 0 Å². The maximum atomic E-state index is 13.2.